The maximum Gasteiger partial charge on any atom is 0.313 e. The standard InChI is InChI=1S/C15H19NO4S/c1-9(2)15(19)16-7-10(3)20-13-5-4-11(6-12(13)16)21-8-14(17)18/h4-6,9-10H,7-8H2,1-3H3,(H,17,18). The lowest BCUT2D eigenvalue weighted by Gasteiger charge is -2.34. The summed E-state index contributed by atoms with van der Waals surface area (Å²) in [4.78, 5) is 25.6. The Kier molecular flexibility index (Phi) is 4.77. The first-order chi connectivity index (χ1) is 9.88. The number of carbonyl (C=O) groups excluding carboxylic acids is 1. The van der Waals surface area contributed by atoms with Gasteiger partial charge >= 0.3 is 5.97 Å². The van der Waals surface area contributed by atoms with E-state index >= 15 is 0 Å². The third-order valence-electron chi connectivity index (χ3n) is 3.11. The molecular weight excluding hydrogens is 290 g/mol. The Morgan fingerprint density at radius 1 is 1.48 bits per heavy atom. The first kappa shape index (κ1) is 15.7. The Morgan fingerprint density at radius 3 is 2.81 bits per heavy atom. The van der Waals surface area contributed by atoms with Gasteiger partial charge in [0.15, 0.2) is 0 Å². The molecule has 1 atom stereocenters. The van der Waals surface area contributed by atoms with Crippen molar-refractivity contribution < 1.29 is 19.4 Å². The number of nitrogens with zero attached hydrogens (tertiary/aromatic N) is 1. The van der Waals surface area contributed by atoms with E-state index in [2.05, 4.69) is 0 Å². The molecule has 1 aromatic rings. The average molecular weight is 309 g/mol. The molecule has 0 spiro atoms. The fourth-order valence-corrected chi connectivity index (χ4v) is 2.82. The second-order valence-corrected chi connectivity index (χ2v) is 6.39. The predicted octanol–water partition coefficient (Wildman–Crippen LogP) is 2.63. The summed E-state index contributed by atoms with van der Waals surface area (Å²) in [6.07, 6.45) is -0.0577. The maximum atomic E-state index is 12.4. The second-order valence-electron chi connectivity index (χ2n) is 5.34. The largest absolute Gasteiger partial charge is 0.487 e. The quantitative estimate of drug-likeness (QED) is 0.866. The van der Waals surface area contributed by atoms with Crippen LogP contribution in [0.5, 0.6) is 5.75 Å². The molecule has 1 amide bonds. The molecule has 0 bridgehead atoms. The zero-order valence-electron chi connectivity index (χ0n) is 12.3. The molecule has 0 radical (unpaired) electrons. The average Bonchev–Trinajstić information content (AvgIpc) is 2.43. The van der Waals surface area contributed by atoms with Crippen molar-refractivity contribution in [3.05, 3.63) is 18.2 Å². The smallest absolute Gasteiger partial charge is 0.313 e. The van der Waals surface area contributed by atoms with Crippen LogP contribution in [0.2, 0.25) is 0 Å². The number of aliphatic carboxylic acids is 1. The maximum absolute atomic E-state index is 12.4. The number of carboxylic acid groups (broad SMARTS) is 1. The molecule has 0 aliphatic carbocycles. The summed E-state index contributed by atoms with van der Waals surface area (Å²) in [7, 11) is 0. The van der Waals surface area contributed by atoms with Gasteiger partial charge in [-0.2, -0.15) is 0 Å². The van der Waals surface area contributed by atoms with Crippen LogP contribution in [0.4, 0.5) is 5.69 Å². The molecule has 1 aliphatic heterocycles. The monoisotopic (exact) mass is 309 g/mol. The minimum atomic E-state index is -0.863. The highest BCUT2D eigenvalue weighted by Gasteiger charge is 2.29. The van der Waals surface area contributed by atoms with Crippen LogP contribution in [-0.4, -0.2) is 35.4 Å². The minimum absolute atomic E-state index is 0.00578. The SMILES string of the molecule is CC1CN(C(=O)C(C)C)c2cc(SCC(=O)O)ccc2O1. The fraction of sp³-hybridized carbons (Fsp3) is 0.467. The molecule has 0 aromatic heterocycles. The van der Waals surface area contributed by atoms with Crippen LogP contribution in [0.3, 0.4) is 0 Å². The number of fused-ring (bicyclic) bond motifs is 1. The van der Waals surface area contributed by atoms with Gasteiger partial charge in [-0.1, -0.05) is 13.8 Å². The van der Waals surface area contributed by atoms with Gasteiger partial charge in [-0.3, -0.25) is 9.59 Å². The summed E-state index contributed by atoms with van der Waals surface area (Å²) in [6, 6.07) is 5.45. The Morgan fingerprint density at radius 2 is 2.19 bits per heavy atom. The van der Waals surface area contributed by atoms with Crippen molar-refractivity contribution in [2.45, 2.75) is 31.8 Å². The molecule has 0 saturated heterocycles. The van der Waals surface area contributed by atoms with Crippen LogP contribution in [0.1, 0.15) is 20.8 Å². The molecule has 5 nitrogen and oxygen atoms in total. The van der Waals surface area contributed by atoms with Crippen molar-refractivity contribution >= 4 is 29.3 Å². The van der Waals surface area contributed by atoms with Gasteiger partial charge in [-0.05, 0) is 25.1 Å². The molecule has 6 heteroatoms. The van der Waals surface area contributed by atoms with E-state index in [9.17, 15) is 9.59 Å². The van der Waals surface area contributed by atoms with Crippen molar-refractivity contribution in [2.24, 2.45) is 5.92 Å². The Labute approximate surface area is 128 Å². The fourth-order valence-electron chi connectivity index (χ4n) is 2.17. The summed E-state index contributed by atoms with van der Waals surface area (Å²) in [5, 5.41) is 8.75. The van der Waals surface area contributed by atoms with E-state index in [0.717, 1.165) is 10.6 Å². The summed E-state index contributed by atoms with van der Waals surface area (Å²) < 4.78 is 5.75. The molecular formula is C15H19NO4S. The molecule has 1 N–H and O–H groups in total. The number of thioether (sulfide) groups is 1. The predicted molar refractivity (Wildman–Crippen MR) is 82.1 cm³/mol. The van der Waals surface area contributed by atoms with Crippen molar-refractivity contribution in [3.8, 4) is 5.75 Å². The van der Waals surface area contributed by atoms with Gasteiger partial charge < -0.3 is 14.7 Å². The summed E-state index contributed by atoms with van der Waals surface area (Å²) >= 11 is 1.23. The summed E-state index contributed by atoms with van der Waals surface area (Å²) in [6.45, 7) is 6.17. The molecule has 0 saturated carbocycles. The van der Waals surface area contributed by atoms with Gasteiger partial charge in [-0.15, -0.1) is 11.8 Å². The van der Waals surface area contributed by atoms with Crippen molar-refractivity contribution in [3.63, 3.8) is 0 Å². The molecule has 0 fully saturated rings. The Balaban J connectivity index is 2.31. The van der Waals surface area contributed by atoms with Crippen molar-refractivity contribution in [1.29, 1.82) is 0 Å². The topological polar surface area (TPSA) is 66.8 Å². The van der Waals surface area contributed by atoms with Crippen LogP contribution in [0.25, 0.3) is 0 Å². The van der Waals surface area contributed by atoms with Crippen molar-refractivity contribution in [2.75, 3.05) is 17.2 Å². The van der Waals surface area contributed by atoms with Gasteiger partial charge in [0.25, 0.3) is 0 Å². The number of benzene rings is 1. The number of amides is 1. The molecule has 1 unspecified atom stereocenters. The van der Waals surface area contributed by atoms with Crippen LogP contribution in [-0.2, 0) is 9.59 Å². The number of rotatable bonds is 4. The molecule has 1 heterocycles. The Hall–Kier alpha value is -1.69. The number of carbonyl (C=O) groups is 2. The zero-order valence-corrected chi connectivity index (χ0v) is 13.1. The molecule has 2 rings (SSSR count). The number of anilines is 1. The highest BCUT2D eigenvalue weighted by molar-refractivity contribution is 8.00. The molecule has 1 aliphatic rings. The number of hydrogen-bond acceptors (Lipinski definition) is 4. The van der Waals surface area contributed by atoms with Gasteiger partial charge in [0.2, 0.25) is 5.91 Å². The van der Waals surface area contributed by atoms with Gasteiger partial charge in [0.1, 0.15) is 11.9 Å². The highest BCUT2D eigenvalue weighted by Crippen LogP contribution is 2.37. The first-order valence-corrected chi connectivity index (χ1v) is 7.83. The molecule has 114 valence electrons. The van der Waals surface area contributed by atoms with Crippen LogP contribution in [0, 0.1) is 5.92 Å². The van der Waals surface area contributed by atoms with Crippen molar-refractivity contribution in [1.82, 2.24) is 0 Å². The third kappa shape index (κ3) is 3.69. The first-order valence-electron chi connectivity index (χ1n) is 6.85. The number of carboxylic acids is 1. The van der Waals surface area contributed by atoms with E-state index in [-0.39, 0.29) is 23.7 Å². The lowest BCUT2D eigenvalue weighted by molar-refractivity contribution is -0.133. The summed E-state index contributed by atoms with van der Waals surface area (Å²) in [5.74, 6) is -0.251. The minimum Gasteiger partial charge on any atom is -0.487 e. The Bertz CT molecular complexity index is 559. The molecule has 1 aromatic carbocycles. The van der Waals surface area contributed by atoms with E-state index in [4.69, 9.17) is 9.84 Å². The summed E-state index contributed by atoms with van der Waals surface area (Å²) in [5.41, 5.74) is 0.724. The van der Waals surface area contributed by atoms with E-state index in [1.165, 1.54) is 11.8 Å². The number of hydrogen-bond donors (Lipinski definition) is 1. The zero-order chi connectivity index (χ0) is 15.6. The van der Waals surface area contributed by atoms with E-state index < -0.39 is 5.97 Å². The van der Waals surface area contributed by atoms with Crippen LogP contribution >= 0.6 is 11.8 Å². The van der Waals surface area contributed by atoms with Gasteiger partial charge in [-0.25, -0.2) is 0 Å². The van der Waals surface area contributed by atoms with Crippen LogP contribution in [0.15, 0.2) is 23.1 Å². The second kappa shape index (κ2) is 6.39. The third-order valence-corrected chi connectivity index (χ3v) is 4.09. The normalized spacial score (nSPS) is 17.3. The van der Waals surface area contributed by atoms with Gasteiger partial charge in [0.05, 0.1) is 18.0 Å². The van der Waals surface area contributed by atoms with E-state index in [1.54, 1.807) is 11.0 Å². The lowest BCUT2D eigenvalue weighted by atomic mass is 10.1. The lowest BCUT2D eigenvalue weighted by Crippen LogP contribution is -2.44. The van der Waals surface area contributed by atoms with E-state index in [0.29, 0.717) is 12.3 Å². The molecule has 21 heavy (non-hydrogen) atoms. The van der Waals surface area contributed by atoms with Crippen LogP contribution < -0.4 is 9.64 Å². The number of ether oxygens (including phenoxy) is 1. The van der Waals surface area contributed by atoms with Gasteiger partial charge in [0, 0.05) is 10.8 Å². The van der Waals surface area contributed by atoms with E-state index in [1.807, 2.05) is 32.9 Å². The highest BCUT2D eigenvalue weighted by atomic mass is 32.2.